The van der Waals surface area contributed by atoms with Crippen LogP contribution >= 0.6 is 0 Å². The molecule has 0 aliphatic carbocycles. The molecule has 5 nitrogen and oxygen atoms in total. The molecule has 0 amide bonds. The molecular weight excluding hydrogens is 194 g/mol. The summed E-state index contributed by atoms with van der Waals surface area (Å²) in [6.07, 6.45) is 1.36. The topological polar surface area (TPSA) is 68.0 Å². The highest BCUT2D eigenvalue weighted by atomic mass is 16.4. The third-order valence-electron chi connectivity index (χ3n) is 2.31. The highest BCUT2D eigenvalue weighted by molar-refractivity contribution is 5.91. The molecule has 0 fully saturated rings. The summed E-state index contributed by atoms with van der Waals surface area (Å²) >= 11 is 0. The van der Waals surface area contributed by atoms with Gasteiger partial charge in [0.15, 0.2) is 0 Å². The number of carboxylic acid groups (broad SMARTS) is 1. The molecule has 2 aromatic heterocycles. The van der Waals surface area contributed by atoms with Crippen molar-refractivity contribution in [3.8, 4) is 0 Å². The van der Waals surface area contributed by atoms with Gasteiger partial charge in [0, 0.05) is 12.7 Å². The molecule has 0 aliphatic heterocycles. The third kappa shape index (κ3) is 1.45. The minimum absolute atomic E-state index is 0.192. The van der Waals surface area contributed by atoms with Crippen molar-refractivity contribution in [3.63, 3.8) is 0 Å². The summed E-state index contributed by atoms with van der Waals surface area (Å²) in [6, 6.07) is 1.61. The molecular formula is C10H11N3O2. The Morgan fingerprint density at radius 1 is 1.60 bits per heavy atom. The van der Waals surface area contributed by atoms with Crippen LogP contribution in [0.5, 0.6) is 0 Å². The van der Waals surface area contributed by atoms with Crippen molar-refractivity contribution < 1.29 is 9.90 Å². The van der Waals surface area contributed by atoms with Crippen molar-refractivity contribution in [2.75, 3.05) is 0 Å². The molecule has 0 saturated heterocycles. The highest BCUT2D eigenvalue weighted by Crippen LogP contribution is 2.16. The zero-order chi connectivity index (χ0) is 11.0. The Morgan fingerprint density at radius 2 is 2.33 bits per heavy atom. The lowest BCUT2D eigenvalue weighted by molar-refractivity contribution is 0.0696. The van der Waals surface area contributed by atoms with Crippen molar-refractivity contribution in [3.05, 3.63) is 23.5 Å². The Kier molecular flexibility index (Phi) is 2.15. The first-order valence-electron chi connectivity index (χ1n) is 4.70. The van der Waals surface area contributed by atoms with E-state index in [4.69, 9.17) is 5.11 Å². The van der Waals surface area contributed by atoms with E-state index < -0.39 is 5.97 Å². The Morgan fingerprint density at radius 3 is 2.93 bits per heavy atom. The standard InChI is InChI=1S/C10H11N3O2/c1-3-13-8-4-7(10(14)15)5-11-9(8)6(2)12-13/h4-5H,3H2,1-2H3,(H,14,15). The lowest BCUT2D eigenvalue weighted by Gasteiger charge is -1.98. The van der Waals surface area contributed by atoms with Crippen LogP contribution < -0.4 is 0 Å². The van der Waals surface area contributed by atoms with E-state index in [9.17, 15) is 4.79 Å². The molecule has 0 atom stereocenters. The van der Waals surface area contributed by atoms with Crippen molar-refractivity contribution in [2.45, 2.75) is 20.4 Å². The molecule has 0 unspecified atom stereocenters. The second-order valence-electron chi connectivity index (χ2n) is 3.30. The summed E-state index contributed by atoms with van der Waals surface area (Å²) in [7, 11) is 0. The average Bonchev–Trinajstić information content (AvgIpc) is 2.55. The molecule has 0 spiro atoms. The number of rotatable bonds is 2. The average molecular weight is 205 g/mol. The number of aromatic carboxylic acids is 1. The van der Waals surface area contributed by atoms with Crippen LogP contribution in [0.15, 0.2) is 12.3 Å². The van der Waals surface area contributed by atoms with Gasteiger partial charge in [-0.25, -0.2) is 4.79 Å². The number of pyridine rings is 1. The minimum Gasteiger partial charge on any atom is -0.478 e. The van der Waals surface area contributed by atoms with Gasteiger partial charge in [0.1, 0.15) is 5.52 Å². The maximum absolute atomic E-state index is 10.8. The maximum atomic E-state index is 10.8. The van der Waals surface area contributed by atoms with Crippen LogP contribution in [0.3, 0.4) is 0 Å². The van der Waals surface area contributed by atoms with Crippen molar-refractivity contribution >= 4 is 17.0 Å². The van der Waals surface area contributed by atoms with Crippen LogP contribution in [0, 0.1) is 6.92 Å². The SMILES string of the molecule is CCn1nc(C)c2ncc(C(=O)O)cc21. The van der Waals surface area contributed by atoms with Crippen LogP contribution in [0.2, 0.25) is 0 Å². The molecule has 0 bridgehead atoms. The van der Waals surface area contributed by atoms with Crippen molar-refractivity contribution in [2.24, 2.45) is 0 Å². The fraction of sp³-hybridized carbons (Fsp3) is 0.300. The Balaban J connectivity index is 2.73. The van der Waals surface area contributed by atoms with E-state index >= 15 is 0 Å². The molecule has 0 aliphatic rings. The molecule has 0 aromatic carbocycles. The minimum atomic E-state index is -0.967. The van der Waals surface area contributed by atoms with Gasteiger partial charge in [-0.15, -0.1) is 0 Å². The van der Waals surface area contributed by atoms with Gasteiger partial charge in [-0.1, -0.05) is 0 Å². The first-order valence-corrected chi connectivity index (χ1v) is 4.70. The van der Waals surface area contributed by atoms with Gasteiger partial charge in [-0.3, -0.25) is 9.67 Å². The van der Waals surface area contributed by atoms with E-state index in [1.807, 2.05) is 13.8 Å². The van der Waals surface area contributed by atoms with E-state index in [0.717, 1.165) is 16.7 Å². The molecule has 78 valence electrons. The fourth-order valence-electron chi connectivity index (χ4n) is 1.57. The van der Waals surface area contributed by atoms with E-state index in [1.54, 1.807) is 10.7 Å². The quantitative estimate of drug-likeness (QED) is 0.805. The third-order valence-corrected chi connectivity index (χ3v) is 2.31. The summed E-state index contributed by atoms with van der Waals surface area (Å²) < 4.78 is 1.75. The number of carbonyl (C=O) groups is 1. The summed E-state index contributed by atoms with van der Waals surface area (Å²) in [6.45, 7) is 4.52. The number of hydrogen-bond donors (Lipinski definition) is 1. The second-order valence-corrected chi connectivity index (χ2v) is 3.30. The van der Waals surface area contributed by atoms with Crippen LogP contribution in [0.25, 0.3) is 11.0 Å². The zero-order valence-corrected chi connectivity index (χ0v) is 8.56. The van der Waals surface area contributed by atoms with E-state index in [1.165, 1.54) is 6.20 Å². The van der Waals surface area contributed by atoms with Gasteiger partial charge < -0.3 is 5.11 Å². The predicted octanol–water partition coefficient (Wildman–Crippen LogP) is 1.46. The molecule has 1 N–H and O–H groups in total. The molecule has 2 aromatic rings. The molecule has 15 heavy (non-hydrogen) atoms. The smallest absolute Gasteiger partial charge is 0.337 e. The van der Waals surface area contributed by atoms with Crippen molar-refractivity contribution in [1.29, 1.82) is 0 Å². The number of hydrogen-bond acceptors (Lipinski definition) is 3. The predicted molar refractivity (Wildman–Crippen MR) is 54.9 cm³/mol. The number of aromatic nitrogens is 3. The lowest BCUT2D eigenvalue weighted by atomic mass is 10.2. The maximum Gasteiger partial charge on any atom is 0.337 e. The Hall–Kier alpha value is -1.91. The first kappa shape index (κ1) is 9.64. The number of carboxylic acids is 1. The highest BCUT2D eigenvalue weighted by Gasteiger charge is 2.11. The summed E-state index contributed by atoms with van der Waals surface area (Å²) in [5.41, 5.74) is 2.55. The van der Waals surface area contributed by atoms with Gasteiger partial charge in [0.25, 0.3) is 0 Å². The van der Waals surface area contributed by atoms with Crippen molar-refractivity contribution in [1.82, 2.24) is 14.8 Å². The van der Waals surface area contributed by atoms with Gasteiger partial charge in [-0.2, -0.15) is 5.10 Å². The fourth-order valence-corrected chi connectivity index (χ4v) is 1.57. The monoisotopic (exact) mass is 205 g/mol. The lowest BCUT2D eigenvalue weighted by Crippen LogP contribution is -2.00. The van der Waals surface area contributed by atoms with Crippen LogP contribution in [-0.2, 0) is 6.54 Å². The number of aryl methyl sites for hydroxylation is 2. The second kappa shape index (κ2) is 3.34. The van der Waals surface area contributed by atoms with Gasteiger partial charge in [0.2, 0.25) is 0 Å². The number of nitrogens with zero attached hydrogens (tertiary/aromatic N) is 3. The largest absolute Gasteiger partial charge is 0.478 e. The molecule has 0 saturated carbocycles. The van der Waals surface area contributed by atoms with E-state index in [2.05, 4.69) is 10.1 Å². The molecule has 0 radical (unpaired) electrons. The first-order chi connectivity index (χ1) is 7.13. The van der Waals surface area contributed by atoms with E-state index in [0.29, 0.717) is 6.54 Å². The molecule has 2 heterocycles. The Labute approximate surface area is 86.4 Å². The van der Waals surface area contributed by atoms with Gasteiger partial charge in [0.05, 0.1) is 16.8 Å². The summed E-state index contributed by atoms with van der Waals surface area (Å²) in [5.74, 6) is -0.967. The normalized spacial score (nSPS) is 10.8. The van der Waals surface area contributed by atoms with Gasteiger partial charge in [-0.05, 0) is 19.9 Å². The Bertz CT molecular complexity index is 531. The molecule has 5 heteroatoms. The van der Waals surface area contributed by atoms with Crippen LogP contribution in [-0.4, -0.2) is 25.8 Å². The van der Waals surface area contributed by atoms with Gasteiger partial charge >= 0.3 is 5.97 Å². The van der Waals surface area contributed by atoms with Crippen LogP contribution in [0.1, 0.15) is 23.0 Å². The zero-order valence-electron chi connectivity index (χ0n) is 8.56. The number of fused-ring (bicyclic) bond motifs is 1. The van der Waals surface area contributed by atoms with E-state index in [-0.39, 0.29) is 5.56 Å². The summed E-state index contributed by atoms with van der Waals surface area (Å²) in [5, 5.41) is 13.1. The molecule has 2 rings (SSSR count). The van der Waals surface area contributed by atoms with Crippen LogP contribution in [0.4, 0.5) is 0 Å². The summed E-state index contributed by atoms with van der Waals surface area (Å²) in [4.78, 5) is 14.9.